The predicted molar refractivity (Wildman–Crippen MR) is 83.6 cm³/mol. The van der Waals surface area contributed by atoms with E-state index < -0.39 is 0 Å². The van der Waals surface area contributed by atoms with Crippen molar-refractivity contribution in [2.45, 2.75) is 13.3 Å². The average Bonchev–Trinajstić information content (AvgIpc) is 2.91. The van der Waals surface area contributed by atoms with E-state index in [-0.39, 0.29) is 5.91 Å². The van der Waals surface area contributed by atoms with Crippen LogP contribution in [0.1, 0.15) is 20.2 Å². The molecule has 0 atom stereocenters. The summed E-state index contributed by atoms with van der Waals surface area (Å²) >= 11 is 1.65. The van der Waals surface area contributed by atoms with Gasteiger partial charge in [-0.25, -0.2) is 4.98 Å². The third-order valence-corrected chi connectivity index (χ3v) is 4.01. The molecule has 2 rings (SSSR count). The van der Waals surface area contributed by atoms with Gasteiger partial charge < -0.3 is 10.2 Å². The lowest BCUT2D eigenvalue weighted by Crippen LogP contribution is -2.28. The molecular formula is C15H17N3O2S. The molecule has 1 aromatic heterocycles. The Kier molecular flexibility index (Phi) is 5.05. The predicted octanol–water partition coefficient (Wildman–Crippen LogP) is 2.33. The molecule has 5 nitrogen and oxygen atoms in total. The topological polar surface area (TPSA) is 62.3 Å². The number of hydrogen-bond acceptors (Lipinski definition) is 4. The first-order valence-electron chi connectivity index (χ1n) is 6.57. The molecule has 110 valence electrons. The number of nitrogens with one attached hydrogen (secondary N) is 1. The van der Waals surface area contributed by atoms with Crippen LogP contribution in [0, 0.1) is 6.92 Å². The summed E-state index contributed by atoms with van der Waals surface area (Å²) in [6.45, 7) is 2.64. The van der Waals surface area contributed by atoms with Crippen LogP contribution in [0.3, 0.4) is 0 Å². The standard InChI is InChI=1S/C15H17N3O2S/c1-11-9-16-14(21-11)7-8-18(2)15(20)12-3-5-13(6-4-12)17-10-19/h3-6,9-10H,7-8H2,1-2H3,(H,17,19). The monoisotopic (exact) mass is 303 g/mol. The van der Waals surface area contributed by atoms with Crippen LogP contribution in [-0.2, 0) is 11.2 Å². The third kappa shape index (κ3) is 4.13. The first kappa shape index (κ1) is 15.2. The van der Waals surface area contributed by atoms with Gasteiger partial charge in [0.25, 0.3) is 5.91 Å². The summed E-state index contributed by atoms with van der Waals surface area (Å²) in [6.07, 6.45) is 3.21. The third-order valence-electron chi connectivity index (χ3n) is 3.03. The van der Waals surface area contributed by atoms with Crippen LogP contribution in [0.5, 0.6) is 0 Å². The molecule has 0 bridgehead atoms. The zero-order valence-corrected chi connectivity index (χ0v) is 12.8. The van der Waals surface area contributed by atoms with E-state index in [0.717, 1.165) is 11.4 Å². The van der Waals surface area contributed by atoms with Gasteiger partial charge in [-0.2, -0.15) is 0 Å². The molecular weight excluding hydrogens is 286 g/mol. The minimum Gasteiger partial charge on any atom is -0.341 e. The van der Waals surface area contributed by atoms with Crippen molar-refractivity contribution >= 4 is 29.3 Å². The fourth-order valence-corrected chi connectivity index (χ4v) is 2.66. The number of benzene rings is 1. The number of anilines is 1. The molecule has 0 radical (unpaired) electrons. The number of aryl methyl sites for hydroxylation is 1. The van der Waals surface area contributed by atoms with Gasteiger partial charge in [0.15, 0.2) is 0 Å². The lowest BCUT2D eigenvalue weighted by atomic mass is 10.2. The lowest BCUT2D eigenvalue weighted by Gasteiger charge is -2.16. The maximum absolute atomic E-state index is 12.3. The normalized spacial score (nSPS) is 10.2. The Bertz CT molecular complexity index is 622. The van der Waals surface area contributed by atoms with Crippen LogP contribution in [-0.4, -0.2) is 35.8 Å². The average molecular weight is 303 g/mol. The van der Waals surface area contributed by atoms with Crippen LogP contribution in [0.4, 0.5) is 5.69 Å². The van der Waals surface area contributed by atoms with Crippen molar-refractivity contribution in [3.63, 3.8) is 0 Å². The second kappa shape index (κ2) is 6.99. The van der Waals surface area contributed by atoms with Gasteiger partial charge in [-0.05, 0) is 31.2 Å². The number of carbonyl (C=O) groups is 2. The van der Waals surface area contributed by atoms with E-state index in [2.05, 4.69) is 10.3 Å². The smallest absolute Gasteiger partial charge is 0.253 e. The fraction of sp³-hybridized carbons (Fsp3) is 0.267. The van der Waals surface area contributed by atoms with Crippen molar-refractivity contribution in [3.8, 4) is 0 Å². The highest BCUT2D eigenvalue weighted by Gasteiger charge is 2.12. The van der Waals surface area contributed by atoms with E-state index >= 15 is 0 Å². The summed E-state index contributed by atoms with van der Waals surface area (Å²) < 4.78 is 0. The van der Waals surface area contributed by atoms with Crippen LogP contribution in [0.25, 0.3) is 0 Å². The molecule has 0 saturated carbocycles. The van der Waals surface area contributed by atoms with E-state index in [1.165, 1.54) is 4.88 Å². The van der Waals surface area contributed by atoms with Gasteiger partial charge in [-0.1, -0.05) is 0 Å². The number of thiazole rings is 1. The minimum absolute atomic E-state index is 0.0408. The van der Waals surface area contributed by atoms with E-state index in [9.17, 15) is 9.59 Å². The quantitative estimate of drug-likeness (QED) is 0.833. The molecule has 1 N–H and O–H groups in total. The van der Waals surface area contributed by atoms with Gasteiger partial charge in [0.2, 0.25) is 6.41 Å². The Morgan fingerprint density at radius 2 is 2.10 bits per heavy atom. The van der Waals surface area contributed by atoms with Crippen LogP contribution < -0.4 is 5.32 Å². The molecule has 0 unspecified atom stereocenters. The highest BCUT2D eigenvalue weighted by molar-refractivity contribution is 7.11. The highest BCUT2D eigenvalue weighted by Crippen LogP contribution is 2.13. The first-order valence-corrected chi connectivity index (χ1v) is 7.39. The zero-order valence-electron chi connectivity index (χ0n) is 12.0. The molecule has 1 aromatic carbocycles. The van der Waals surface area contributed by atoms with Crippen molar-refractivity contribution in [3.05, 3.63) is 45.9 Å². The highest BCUT2D eigenvalue weighted by atomic mass is 32.1. The number of rotatable bonds is 6. The second-order valence-corrected chi connectivity index (χ2v) is 6.00. The first-order chi connectivity index (χ1) is 10.1. The Labute approximate surface area is 127 Å². The lowest BCUT2D eigenvalue weighted by molar-refractivity contribution is -0.105. The fourth-order valence-electron chi connectivity index (χ4n) is 1.88. The molecule has 2 amide bonds. The number of amides is 2. The molecule has 0 saturated heterocycles. The molecule has 2 aromatic rings. The summed E-state index contributed by atoms with van der Waals surface area (Å²) in [5, 5.41) is 3.58. The summed E-state index contributed by atoms with van der Waals surface area (Å²) in [5.74, 6) is -0.0408. The van der Waals surface area contributed by atoms with Gasteiger partial charge in [-0.3, -0.25) is 9.59 Å². The molecule has 21 heavy (non-hydrogen) atoms. The van der Waals surface area contributed by atoms with E-state index in [4.69, 9.17) is 0 Å². The number of nitrogens with zero attached hydrogens (tertiary/aromatic N) is 2. The van der Waals surface area contributed by atoms with Crippen molar-refractivity contribution in [1.82, 2.24) is 9.88 Å². The Hall–Kier alpha value is -2.21. The van der Waals surface area contributed by atoms with Gasteiger partial charge in [0.05, 0.1) is 5.01 Å². The number of hydrogen-bond donors (Lipinski definition) is 1. The minimum atomic E-state index is -0.0408. The van der Waals surface area contributed by atoms with Crippen LogP contribution >= 0.6 is 11.3 Å². The summed E-state index contributed by atoms with van der Waals surface area (Å²) in [5.41, 5.74) is 1.27. The molecule has 0 aliphatic carbocycles. The van der Waals surface area contributed by atoms with Crippen molar-refractivity contribution < 1.29 is 9.59 Å². The largest absolute Gasteiger partial charge is 0.341 e. The van der Waals surface area contributed by atoms with Gasteiger partial charge >= 0.3 is 0 Å². The molecule has 0 aliphatic rings. The molecule has 0 aliphatic heterocycles. The Morgan fingerprint density at radius 1 is 1.38 bits per heavy atom. The zero-order chi connectivity index (χ0) is 15.2. The molecule has 0 spiro atoms. The van der Waals surface area contributed by atoms with Gasteiger partial charge in [0.1, 0.15) is 0 Å². The van der Waals surface area contributed by atoms with Crippen LogP contribution in [0.15, 0.2) is 30.5 Å². The molecule has 6 heteroatoms. The van der Waals surface area contributed by atoms with Crippen molar-refractivity contribution in [2.24, 2.45) is 0 Å². The van der Waals surface area contributed by atoms with Gasteiger partial charge in [-0.15, -0.1) is 11.3 Å². The summed E-state index contributed by atoms with van der Waals surface area (Å²) in [4.78, 5) is 29.7. The Morgan fingerprint density at radius 3 is 2.67 bits per heavy atom. The van der Waals surface area contributed by atoms with Crippen molar-refractivity contribution in [1.29, 1.82) is 0 Å². The van der Waals surface area contributed by atoms with Gasteiger partial charge in [0, 0.05) is 42.3 Å². The second-order valence-electron chi connectivity index (χ2n) is 4.68. The van der Waals surface area contributed by atoms with Crippen LogP contribution in [0.2, 0.25) is 0 Å². The number of aromatic nitrogens is 1. The molecule has 1 heterocycles. The Balaban J connectivity index is 1.93. The van der Waals surface area contributed by atoms with E-state index in [1.54, 1.807) is 47.5 Å². The number of likely N-dealkylation sites (N-methyl/N-ethyl adjacent to an activating group) is 1. The van der Waals surface area contributed by atoms with E-state index in [1.807, 2.05) is 13.1 Å². The molecule has 0 fully saturated rings. The summed E-state index contributed by atoms with van der Waals surface area (Å²) in [6, 6.07) is 6.83. The summed E-state index contributed by atoms with van der Waals surface area (Å²) in [7, 11) is 1.78. The number of carbonyl (C=O) groups excluding carboxylic acids is 2. The SMILES string of the molecule is Cc1cnc(CCN(C)C(=O)c2ccc(NC=O)cc2)s1. The maximum atomic E-state index is 12.3. The van der Waals surface area contributed by atoms with Crippen molar-refractivity contribution in [2.75, 3.05) is 18.9 Å². The van der Waals surface area contributed by atoms with E-state index in [0.29, 0.717) is 24.2 Å². The maximum Gasteiger partial charge on any atom is 0.253 e.